The minimum absolute atomic E-state index is 0.0463. The highest BCUT2D eigenvalue weighted by atomic mass is 32.1. The molecule has 1 heterocycles. The van der Waals surface area contributed by atoms with Gasteiger partial charge in [-0.1, -0.05) is 31.2 Å². The van der Waals surface area contributed by atoms with E-state index in [1.165, 1.54) is 16.9 Å². The number of hydrogen-bond donors (Lipinski definition) is 2. The highest BCUT2D eigenvalue weighted by Crippen LogP contribution is 2.21. The summed E-state index contributed by atoms with van der Waals surface area (Å²) in [6.45, 7) is 2.62. The Bertz CT molecular complexity index is 873. The van der Waals surface area contributed by atoms with Crippen LogP contribution in [0.5, 0.6) is 5.75 Å². The lowest BCUT2D eigenvalue weighted by Gasteiger charge is -2.06. The quantitative estimate of drug-likeness (QED) is 0.610. The van der Waals surface area contributed by atoms with Crippen molar-refractivity contribution in [3.63, 3.8) is 0 Å². The SMILES string of the molecule is CCc1ccc(Nc2nc(CC(=O)NCc3ccc(OC)cc3)cs2)cc1. The Morgan fingerprint density at radius 2 is 1.78 bits per heavy atom. The molecule has 0 aliphatic rings. The fourth-order valence-electron chi connectivity index (χ4n) is 2.56. The summed E-state index contributed by atoms with van der Waals surface area (Å²) in [5, 5.41) is 8.90. The summed E-state index contributed by atoms with van der Waals surface area (Å²) in [6.07, 6.45) is 1.29. The van der Waals surface area contributed by atoms with Crippen molar-refractivity contribution in [2.24, 2.45) is 0 Å². The molecular formula is C21H23N3O2S. The molecule has 0 saturated heterocycles. The first kappa shape index (κ1) is 18.9. The summed E-state index contributed by atoms with van der Waals surface area (Å²) in [5.41, 5.74) is 4.09. The highest BCUT2D eigenvalue weighted by Gasteiger charge is 2.08. The predicted octanol–water partition coefficient (Wildman–Crippen LogP) is 4.32. The molecule has 0 radical (unpaired) electrons. The zero-order valence-electron chi connectivity index (χ0n) is 15.5. The Labute approximate surface area is 163 Å². The summed E-state index contributed by atoms with van der Waals surface area (Å²) in [7, 11) is 1.63. The van der Waals surface area contributed by atoms with Crippen LogP contribution >= 0.6 is 11.3 Å². The first-order chi connectivity index (χ1) is 13.2. The van der Waals surface area contributed by atoms with E-state index in [9.17, 15) is 4.79 Å². The van der Waals surface area contributed by atoms with Crippen molar-refractivity contribution in [1.82, 2.24) is 10.3 Å². The molecule has 1 amide bonds. The van der Waals surface area contributed by atoms with Crippen LogP contribution in [0.15, 0.2) is 53.9 Å². The number of ether oxygens (including phenoxy) is 1. The Hall–Kier alpha value is -2.86. The summed E-state index contributed by atoms with van der Waals surface area (Å²) < 4.78 is 5.13. The van der Waals surface area contributed by atoms with Gasteiger partial charge >= 0.3 is 0 Å². The molecule has 0 saturated carbocycles. The predicted molar refractivity (Wildman–Crippen MR) is 110 cm³/mol. The lowest BCUT2D eigenvalue weighted by atomic mass is 10.1. The largest absolute Gasteiger partial charge is 0.497 e. The number of nitrogens with zero attached hydrogens (tertiary/aromatic N) is 1. The number of aryl methyl sites for hydroxylation is 1. The molecule has 3 rings (SSSR count). The second-order valence-corrected chi connectivity index (χ2v) is 6.98. The van der Waals surface area contributed by atoms with Gasteiger partial charge in [-0.15, -0.1) is 11.3 Å². The monoisotopic (exact) mass is 381 g/mol. The molecule has 140 valence electrons. The smallest absolute Gasteiger partial charge is 0.226 e. The van der Waals surface area contributed by atoms with Crippen molar-refractivity contribution in [2.45, 2.75) is 26.3 Å². The number of carbonyl (C=O) groups is 1. The average molecular weight is 382 g/mol. The van der Waals surface area contributed by atoms with Crippen molar-refractivity contribution < 1.29 is 9.53 Å². The maximum Gasteiger partial charge on any atom is 0.226 e. The van der Waals surface area contributed by atoms with Gasteiger partial charge in [-0.2, -0.15) is 0 Å². The van der Waals surface area contributed by atoms with Crippen LogP contribution in [-0.2, 0) is 24.2 Å². The Morgan fingerprint density at radius 3 is 2.44 bits per heavy atom. The molecule has 2 aromatic carbocycles. The number of hydrogen-bond acceptors (Lipinski definition) is 5. The first-order valence-corrected chi connectivity index (χ1v) is 9.74. The third-order valence-electron chi connectivity index (χ3n) is 4.16. The van der Waals surface area contributed by atoms with Crippen LogP contribution in [0.25, 0.3) is 0 Å². The molecule has 5 nitrogen and oxygen atoms in total. The van der Waals surface area contributed by atoms with Crippen molar-refractivity contribution >= 4 is 28.1 Å². The minimum atomic E-state index is -0.0463. The molecule has 0 aliphatic carbocycles. The van der Waals surface area contributed by atoms with E-state index >= 15 is 0 Å². The van der Waals surface area contributed by atoms with Gasteiger partial charge in [0.2, 0.25) is 5.91 Å². The van der Waals surface area contributed by atoms with Gasteiger partial charge < -0.3 is 15.4 Å². The van der Waals surface area contributed by atoms with E-state index in [0.29, 0.717) is 6.54 Å². The van der Waals surface area contributed by atoms with Crippen LogP contribution in [-0.4, -0.2) is 18.0 Å². The normalized spacial score (nSPS) is 10.4. The Kier molecular flexibility index (Phi) is 6.44. The number of methoxy groups -OCH3 is 1. The van der Waals surface area contributed by atoms with Crippen molar-refractivity contribution in [3.8, 4) is 5.75 Å². The molecule has 27 heavy (non-hydrogen) atoms. The number of carbonyl (C=O) groups excluding carboxylic acids is 1. The summed E-state index contributed by atoms with van der Waals surface area (Å²) in [5.74, 6) is 0.756. The van der Waals surface area contributed by atoms with Crippen LogP contribution < -0.4 is 15.4 Å². The number of amides is 1. The van der Waals surface area contributed by atoms with E-state index in [4.69, 9.17) is 4.74 Å². The summed E-state index contributed by atoms with van der Waals surface area (Å²) in [4.78, 5) is 16.7. The van der Waals surface area contributed by atoms with Gasteiger partial charge in [0.15, 0.2) is 5.13 Å². The first-order valence-electron chi connectivity index (χ1n) is 8.86. The zero-order valence-corrected chi connectivity index (χ0v) is 16.3. The summed E-state index contributed by atoms with van der Waals surface area (Å²) >= 11 is 1.50. The maximum atomic E-state index is 12.2. The number of thiazole rings is 1. The number of aromatic nitrogens is 1. The topological polar surface area (TPSA) is 63.2 Å². The molecule has 0 spiro atoms. The van der Waals surface area contributed by atoms with E-state index in [2.05, 4.69) is 34.7 Å². The number of nitrogens with one attached hydrogen (secondary N) is 2. The molecule has 1 aromatic heterocycles. The number of rotatable bonds is 8. The standard InChI is InChI=1S/C21H23N3O2S/c1-3-15-4-8-17(9-5-15)23-21-24-18(14-27-21)12-20(25)22-13-16-6-10-19(26-2)11-7-16/h4-11,14H,3,12-13H2,1-2H3,(H,22,25)(H,23,24). The highest BCUT2D eigenvalue weighted by molar-refractivity contribution is 7.13. The van der Waals surface area contributed by atoms with Crippen molar-refractivity contribution in [3.05, 3.63) is 70.7 Å². The molecule has 0 unspecified atom stereocenters. The van der Waals surface area contributed by atoms with E-state index in [-0.39, 0.29) is 12.3 Å². The van der Waals surface area contributed by atoms with E-state index in [1.807, 2.05) is 41.8 Å². The van der Waals surface area contributed by atoms with Gasteiger partial charge in [0.25, 0.3) is 0 Å². The molecule has 6 heteroatoms. The second kappa shape index (κ2) is 9.19. The van der Waals surface area contributed by atoms with Gasteiger partial charge in [0.05, 0.1) is 19.2 Å². The fraction of sp³-hybridized carbons (Fsp3) is 0.238. The molecule has 0 bridgehead atoms. The van der Waals surface area contributed by atoms with Gasteiger partial charge in [-0.05, 0) is 41.8 Å². The van der Waals surface area contributed by atoms with Gasteiger partial charge in [0.1, 0.15) is 5.75 Å². The number of benzene rings is 2. The fourth-order valence-corrected chi connectivity index (χ4v) is 3.29. The third kappa shape index (κ3) is 5.56. The summed E-state index contributed by atoms with van der Waals surface area (Å²) in [6, 6.07) is 15.9. The number of anilines is 2. The Balaban J connectivity index is 1.49. The van der Waals surface area contributed by atoms with Crippen LogP contribution in [0.1, 0.15) is 23.7 Å². The van der Waals surface area contributed by atoms with Gasteiger partial charge in [-0.25, -0.2) is 4.98 Å². The van der Waals surface area contributed by atoms with E-state index in [1.54, 1.807) is 7.11 Å². The molecule has 2 N–H and O–H groups in total. The zero-order chi connectivity index (χ0) is 19.1. The second-order valence-electron chi connectivity index (χ2n) is 6.12. The lowest BCUT2D eigenvalue weighted by Crippen LogP contribution is -2.24. The third-order valence-corrected chi connectivity index (χ3v) is 4.96. The minimum Gasteiger partial charge on any atom is -0.497 e. The van der Waals surface area contributed by atoms with Crippen molar-refractivity contribution in [2.75, 3.05) is 12.4 Å². The molecule has 0 fully saturated rings. The molecular weight excluding hydrogens is 358 g/mol. The molecule has 0 aliphatic heterocycles. The van der Waals surface area contributed by atoms with Crippen LogP contribution in [0.4, 0.5) is 10.8 Å². The van der Waals surface area contributed by atoms with Crippen molar-refractivity contribution in [1.29, 1.82) is 0 Å². The molecule has 0 atom stereocenters. The van der Waals surface area contributed by atoms with Gasteiger partial charge in [0, 0.05) is 17.6 Å². The van der Waals surface area contributed by atoms with E-state index < -0.39 is 0 Å². The van der Waals surface area contributed by atoms with E-state index in [0.717, 1.165) is 34.2 Å². The Morgan fingerprint density at radius 1 is 1.07 bits per heavy atom. The van der Waals surface area contributed by atoms with Gasteiger partial charge in [-0.3, -0.25) is 4.79 Å². The van der Waals surface area contributed by atoms with Crippen LogP contribution in [0, 0.1) is 0 Å². The van der Waals surface area contributed by atoms with Crippen LogP contribution in [0.3, 0.4) is 0 Å². The average Bonchev–Trinajstić information content (AvgIpc) is 3.14. The molecule has 3 aromatic rings. The maximum absolute atomic E-state index is 12.2. The van der Waals surface area contributed by atoms with Crippen LogP contribution in [0.2, 0.25) is 0 Å². The lowest BCUT2D eigenvalue weighted by molar-refractivity contribution is -0.120.